The van der Waals surface area contributed by atoms with Gasteiger partial charge in [-0.2, -0.15) is 13.2 Å². The van der Waals surface area contributed by atoms with Crippen molar-refractivity contribution >= 4 is 46.9 Å². The molecule has 0 saturated heterocycles. The van der Waals surface area contributed by atoms with Gasteiger partial charge in [0.15, 0.2) is 5.69 Å². The molecular weight excluding hydrogens is 486 g/mol. The number of alkyl halides is 5. The minimum Gasteiger partial charge on any atom is -0.465 e. The smallest absolute Gasteiger partial charge is 0.434 e. The Balaban J connectivity index is 2.79. The van der Waals surface area contributed by atoms with Crippen molar-refractivity contribution < 1.29 is 41.0 Å². The number of rotatable bonds is 6. The molecule has 2 rings (SSSR count). The number of benzene rings is 1. The number of esters is 2. The molecule has 0 radical (unpaired) electrons. The Morgan fingerprint density at radius 2 is 1.66 bits per heavy atom. The van der Waals surface area contributed by atoms with Gasteiger partial charge in [-0.3, -0.25) is 0 Å². The Bertz CT molecular complexity index is 1070. The lowest BCUT2D eigenvalue weighted by Crippen LogP contribution is -2.23. The maximum Gasteiger partial charge on any atom is 0.434 e. The number of carbonyl (C=O) groups excluding carboxylic acids is 2. The summed E-state index contributed by atoms with van der Waals surface area (Å²) in [6, 6.07) is 4.25. The van der Waals surface area contributed by atoms with E-state index in [0.717, 1.165) is 26.5 Å². The van der Waals surface area contributed by atoms with Crippen molar-refractivity contribution in [3.8, 4) is 0 Å². The van der Waals surface area contributed by atoms with Crippen molar-refractivity contribution in [2.45, 2.75) is 12.6 Å². The first-order valence-electron chi connectivity index (χ1n) is 8.40. The zero-order valence-electron chi connectivity index (χ0n) is 16.2. The molecule has 0 fully saturated rings. The average Bonchev–Trinajstić information content (AvgIpc) is 2.73. The van der Waals surface area contributed by atoms with Gasteiger partial charge in [0.1, 0.15) is 5.69 Å². The molecule has 1 aromatic heterocycles. The van der Waals surface area contributed by atoms with Crippen LogP contribution >= 0.6 is 23.2 Å². The van der Waals surface area contributed by atoms with Crippen molar-refractivity contribution in [1.82, 2.24) is 4.98 Å². The minimum atomic E-state index is -5.32. The molecule has 32 heavy (non-hydrogen) atoms. The Hall–Kier alpha value is -2.92. The van der Waals surface area contributed by atoms with E-state index in [2.05, 4.69) is 19.8 Å². The van der Waals surface area contributed by atoms with Crippen LogP contribution in [0.25, 0.3) is 6.08 Å². The third-order valence-electron chi connectivity index (χ3n) is 3.94. The standard InChI is InChI=1S/C19H13Cl2F5N2O4/c1-31-17(29)12-9(5-6-27-8-3-4-10(20)11(21)7-8)13(18(30)32-2)15(19(24,25)26)28-14(12)16(22)23/h3-7,16,27H,1-2H3/b6-5-. The van der Waals surface area contributed by atoms with Gasteiger partial charge in [-0.25, -0.2) is 23.4 Å². The molecule has 0 saturated carbocycles. The van der Waals surface area contributed by atoms with Crippen LogP contribution in [0.1, 0.15) is 44.1 Å². The number of carbonyl (C=O) groups is 2. The first-order valence-corrected chi connectivity index (χ1v) is 9.15. The Labute approximate surface area is 187 Å². The molecule has 0 spiro atoms. The van der Waals surface area contributed by atoms with E-state index in [4.69, 9.17) is 23.2 Å². The van der Waals surface area contributed by atoms with Gasteiger partial charge in [-0.05, 0) is 24.3 Å². The SMILES string of the molecule is COC(=O)c1c(C(F)F)nc(C(F)(F)F)c(C(=O)OC)c1/C=C\Nc1ccc(Cl)c(Cl)c1. The lowest BCUT2D eigenvalue weighted by Gasteiger charge is -2.18. The van der Waals surface area contributed by atoms with Crippen molar-refractivity contribution in [3.05, 3.63) is 62.5 Å². The zero-order chi connectivity index (χ0) is 24.2. The van der Waals surface area contributed by atoms with Crippen LogP contribution in [-0.2, 0) is 15.7 Å². The molecule has 172 valence electrons. The third-order valence-corrected chi connectivity index (χ3v) is 4.68. The quantitative estimate of drug-likeness (QED) is 0.388. The van der Waals surface area contributed by atoms with E-state index in [-0.39, 0.29) is 10.0 Å². The van der Waals surface area contributed by atoms with Gasteiger partial charge < -0.3 is 14.8 Å². The molecule has 0 bridgehead atoms. The van der Waals surface area contributed by atoms with E-state index >= 15 is 0 Å². The molecule has 1 heterocycles. The number of aromatic nitrogens is 1. The van der Waals surface area contributed by atoms with Gasteiger partial charge in [0.2, 0.25) is 0 Å². The molecule has 6 nitrogen and oxygen atoms in total. The number of nitrogens with zero attached hydrogens (tertiary/aromatic N) is 1. The molecule has 2 aromatic rings. The third kappa shape index (κ3) is 5.46. The van der Waals surface area contributed by atoms with E-state index in [9.17, 15) is 31.5 Å². The van der Waals surface area contributed by atoms with E-state index in [1.807, 2.05) is 0 Å². The molecule has 0 amide bonds. The van der Waals surface area contributed by atoms with Crippen LogP contribution in [0.5, 0.6) is 0 Å². The van der Waals surface area contributed by atoms with Gasteiger partial charge >= 0.3 is 18.1 Å². The topological polar surface area (TPSA) is 77.5 Å². The lowest BCUT2D eigenvalue weighted by atomic mass is 9.97. The number of anilines is 1. The highest BCUT2D eigenvalue weighted by atomic mass is 35.5. The fourth-order valence-electron chi connectivity index (χ4n) is 2.58. The van der Waals surface area contributed by atoms with E-state index < -0.39 is 52.6 Å². The van der Waals surface area contributed by atoms with E-state index in [1.165, 1.54) is 18.2 Å². The molecule has 0 aliphatic heterocycles. The summed E-state index contributed by atoms with van der Waals surface area (Å²) in [5.41, 5.74) is -6.23. The highest BCUT2D eigenvalue weighted by Crippen LogP contribution is 2.37. The molecule has 0 aliphatic carbocycles. The lowest BCUT2D eigenvalue weighted by molar-refractivity contribution is -0.142. The number of methoxy groups -OCH3 is 2. The summed E-state index contributed by atoms with van der Waals surface area (Å²) in [7, 11) is 1.61. The Morgan fingerprint density at radius 3 is 2.16 bits per heavy atom. The number of nitrogens with one attached hydrogen (secondary N) is 1. The highest BCUT2D eigenvalue weighted by molar-refractivity contribution is 6.42. The fourth-order valence-corrected chi connectivity index (χ4v) is 2.88. The summed E-state index contributed by atoms with van der Waals surface area (Å²) in [6.45, 7) is 0. The van der Waals surface area contributed by atoms with Crippen molar-refractivity contribution in [2.75, 3.05) is 19.5 Å². The van der Waals surface area contributed by atoms with E-state index in [0.29, 0.717) is 5.69 Å². The molecule has 0 unspecified atom stereocenters. The maximum atomic E-state index is 13.6. The van der Waals surface area contributed by atoms with Gasteiger partial charge in [0.05, 0.1) is 35.4 Å². The molecule has 1 aromatic carbocycles. The molecule has 0 aliphatic rings. The average molecular weight is 499 g/mol. The summed E-state index contributed by atoms with van der Waals surface area (Å²) in [5, 5.41) is 3.00. The molecular formula is C19H13Cl2F5N2O4. The summed E-state index contributed by atoms with van der Waals surface area (Å²) < 4.78 is 76.5. The second-order valence-electron chi connectivity index (χ2n) is 5.90. The van der Waals surface area contributed by atoms with Crippen molar-refractivity contribution in [3.63, 3.8) is 0 Å². The number of ether oxygens (including phenoxy) is 2. The fraction of sp³-hybridized carbons (Fsp3) is 0.211. The van der Waals surface area contributed by atoms with Crippen LogP contribution in [0.2, 0.25) is 10.0 Å². The van der Waals surface area contributed by atoms with Gasteiger partial charge in [-0.1, -0.05) is 23.2 Å². The van der Waals surface area contributed by atoms with Crippen LogP contribution in [-0.4, -0.2) is 31.1 Å². The predicted octanol–water partition coefficient (Wildman–Crippen LogP) is 6.00. The Kier molecular flexibility index (Phi) is 8.02. The molecule has 13 heteroatoms. The number of halogens is 7. The normalized spacial score (nSPS) is 11.7. The zero-order valence-corrected chi connectivity index (χ0v) is 17.7. The summed E-state index contributed by atoms with van der Waals surface area (Å²) in [4.78, 5) is 27.2. The number of pyridine rings is 1. The Morgan fingerprint density at radius 1 is 1.06 bits per heavy atom. The number of hydrogen-bond donors (Lipinski definition) is 1. The molecule has 0 atom stereocenters. The monoisotopic (exact) mass is 498 g/mol. The van der Waals surface area contributed by atoms with Crippen LogP contribution in [0.3, 0.4) is 0 Å². The van der Waals surface area contributed by atoms with Crippen molar-refractivity contribution in [1.29, 1.82) is 0 Å². The molecule has 1 N–H and O–H groups in total. The van der Waals surface area contributed by atoms with Gasteiger partial charge in [0, 0.05) is 17.5 Å². The second kappa shape index (κ2) is 10.1. The highest BCUT2D eigenvalue weighted by Gasteiger charge is 2.42. The van der Waals surface area contributed by atoms with Crippen LogP contribution in [0, 0.1) is 0 Å². The van der Waals surface area contributed by atoms with Crippen LogP contribution in [0.15, 0.2) is 24.4 Å². The minimum absolute atomic E-state index is 0.152. The second-order valence-corrected chi connectivity index (χ2v) is 6.71. The summed E-state index contributed by atoms with van der Waals surface area (Å²) >= 11 is 11.7. The van der Waals surface area contributed by atoms with E-state index in [1.54, 1.807) is 0 Å². The predicted molar refractivity (Wildman–Crippen MR) is 106 cm³/mol. The number of hydrogen-bond acceptors (Lipinski definition) is 6. The largest absolute Gasteiger partial charge is 0.465 e. The van der Waals surface area contributed by atoms with Crippen LogP contribution < -0.4 is 5.32 Å². The van der Waals surface area contributed by atoms with Gasteiger partial charge in [-0.15, -0.1) is 0 Å². The van der Waals surface area contributed by atoms with Crippen molar-refractivity contribution in [2.24, 2.45) is 0 Å². The first-order chi connectivity index (χ1) is 14.9. The van der Waals surface area contributed by atoms with Crippen LogP contribution in [0.4, 0.5) is 27.6 Å². The summed E-state index contributed by atoms with van der Waals surface area (Å²) in [6.07, 6.45) is -7.10. The first kappa shape index (κ1) is 25.3. The van der Waals surface area contributed by atoms with Gasteiger partial charge in [0.25, 0.3) is 6.43 Å². The maximum absolute atomic E-state index is 13.6. The summed E-state index contributed by atoms with van der Waals surface area (Å²) in [5.74, 6) is -2.98.